The highest BCUT2D eigenvalue weighted by atomic mass is 35.5. The molecule has 3 rings (SSSR count). The zero-order valence-corrected chi connectivity index (χ0v) is 13.1. The molecular weight excluding hydrogens is 311 g/mol. The number of aromatic amines is 1. The van der Waals surface area contributed by atoms with Crippen LogP contribution in [0.5, 0.6) is 0 Å². The lowest BCUT2D eigenvalue weighted by Crippen LogP contribution is -1.88. The van der Waals surface area contributed by atoms with E-state index in [0.29, 0.717) is 10.0 Å². The number of benzene rings is 1. The molecule has 102 valence electrons. The van der Waals surface area contributed by atoms with Gasteiger partial charge in [0.15, 0.2) is 0 Å². The highest BCUT2D eigenvalue weighted by Gasteiger charge is 2.14. The molecule has 0 aliphatic heterocycles. The van der Waals surface area contributed by atoms with Gasteiger partial charge in [0.25, 0.3) is 0 Å². The van der Waals surface area contributed by atoms with Gasteiger partial charge in [0, 0.05) is 17.7 Å². The summed E-state index contributed by atoms with van der Waals surface area (Å²) in [4.78, 5) is 7.98. The van der Waals surface area contributed by atoms with Crippen LogP contribution < -0.4 is 0 Å². The smallest absolute Gasteiger partial charge is 0.111 e. The van der Waals surface area contributed by atoms with Crippen molar-refractivity contribution < 1.29 is 0 Å². The van der Waals surface area contributed by atoms with E-state index in [2.05, 4.69) is 26.8 Å². The highest BCUT2D eigenvalue weighted by Crippen LogP contribution is 2.34. The third-order valence-corrected chi connectivity index (χ3v) is 4.64. The second-order valence-corrected chi connectivity index (χ2v) is 6.13. The average molecular weight is 323 g/mol. The summed E-state index contributed by atoms with van der Waals surface area (Å²) in [5.74, 6) is 0.937. The van der Waals surface area contributed by atoms with Gasteiger partial charge in [-0.15, -0.1) is 0 Å². The van der Waals surface area contributed by atoms with Gasteiger partial charge < -0.3 is 4.98 Å². The van der Waals surface area contributed by atoms with Crippen molar-refractivity contribution in [2.75, 3.05) is 0 Å². The first kappa shape index (κ1) is 13.7. The Morgan fingerprint density at radius 1 is 1.25 bits per heavy atom. The maximum absolute atomic E-state index is 6.27. The maximum Gasteiger partial charge on any atom is 0.111 e. The Morgan fingerprint density at radius 3 is 2.85 bits per heavy atom. The van der Waals surface area contributed by atoms with Crippen LogP contribution >= 0.6 is 34.5 Å². The van der Waals surface area contributed by atoms with Crippen molar-refractivity contribution in [1.29, 1.82) is 0 Å². The summed E-state index contributed by atoms with van der Waals surface area (Å²) in [6, 6.07) is 7.71. The zero-order chi connectivity index (χ0) is 14.1. The van der Waals surface area contributed by atoms with E-state index < -0.39 is 0 Å². The molecule has 2 heterocycles. The molecule has 1 aromatic carbocycles. The average Bonchev–Trinajstić information content (AvgIpc) is 3.03. The zero-order valence-electron chi connectivity index (χ0n) is 10.8. The third kappa shape index (κ3) is 2.62. The lowest BCUT2D eigenvalue weighted by atomic mass is 10.1. The van der Waals surface area contributed by atoms with E-state index in [-0.39, 0.29) is 0 Å². The van der Waals surface area contributed by atoms with Crippen molar-refractivity contribution in [3.63, 3.8) is 0 Å². The summed E-state index contributed by atoms with van der Waals surface area (Å²) in [5, 5.41) is 5.29. The van der Waals surface area contributed by atoms with Crippen molar-refractivity contribution in [1.82, 2.24) is 9.97 Å². The largest absolute Gasteiger partial charge is 0.345 e. The minimum absolute atomic E-state index is 0.547. The van der Waals surface area contributed by atoms with Crippen molar-refractivity contribution in [2.45, 2.75) is 13.3 Å². The van der Waals surface area contributed by atoms with Gasteiger partial charge in [-0.1, -0.05) is 35.3 Å². The number of thiophene rings is 1. The second kappa shape index (κ2) is 5.60. The van der Waals surface area contributed by atoms with Gasteiger partial charge in [-0.25, -0.2) is 4.98 Å². The first-order chi connectivity index (χ1) is 9.65. The van der Waals surface area contributed by atoms with Crippen LogP contribution in [-0.2, 0) is 6.42 Å². The molecule has 3 aromatic rings. The van der Waals surface area contributed by atoms with E-state index in [1.54, 1.807) is 17.4 Å². The minimum atomic E-state index is 0.547. The molecule has 20 heavy (non-hydrogen) atoms. The van der Waals surface area contributed by atoms with Gasteiger partial charge in [0.1, 0.15) is 5.82 Å². The number of nitrogens with zero attached hydrogens (tertiary/aromatic N) is 1. The molecule has 5 heteroatoms. The number of halogens is 2. The van der Waals surface area contributed by atoms with Crippen LogP contribution in [0.3, 0.4) is 0 Å². The number of imidazole rings is 1. The molecule has 0 amide bonds. The van der Waals surface area contributed by atoms with Gasteiger partial charge >= 0.3 is 0 Å². The molecule has 0 aliphatic rings. The number of aromatic nitrogens is 2. The van der Waals surface area contributed by atoms with E-state index >= 15 is 0 Å². The van der Waals surface area contributed by atoms with Crippen LogP contribution in [0.15, 0.2) is 35.0 Å². The lowest BCUT2D eigenvalue weighted by Gasteiger charge is -2.03. The molecule has 0 bridgehead atoms. The predicted molar refractivity (Wildman–Crippen MR) is 85.9 cm³/mol. The summed E-state index contributed by atoms with van der Waals surface area (Å²) in [5.41, 5.74) is 3.99. The highest BCUT2D eigenvalue weighted by molar-refractivity contribution is 7.07. The molecule has 0 unspecified atom stereocenters. The molecule has 2 nitrogen and oxygen atoms in total. The molecule has 0 aliphatic carbocycles. The van der Waals surface area contributed by atoms with Crippen LogP contribution in [0.4, 0.5) is 0 Å². The van der Waals surface area contributed by atoms with E-state index in [0.717, 1.165) is 29.2 Å². The number of aryl methyl sites for hydroxylation is 1. The number of hydrogen-bond donors (Lipinski definition) is 1. The number of nitrogens with one attached hydrogen (secondary N) is 1. The Morgan fingerprint density at radius 2 is 2.10 bits per heavy atom. The van der Waals surface area contributed by atoms with Crippen molar-refractivity contribution in [3.8, 4) is 11.3 Å². The van der Waals surface area contributed by atoms with Crippen LogP contribution in [0.1, 0.15) is 17.1 Å². The van der Waals surface area contributed by atoms with Crippen LogP contribution in [0.25, 0.3) is 11.3 Å². The molecule has 0 radical (unpaired) electrons. The van der Waals surface area contributed by atoms with E-state index in [1.807, 2.05) is 19.1 Å². The fourth-order valence-electron chi connectivity index (χ4n) is 2.14. The summed E-state index contributed by atoms with van der Waals surface area (Å²) in [6.45, 7) is 2.00. The van der Waals surface area contributed by atoms with Crippen LogP contribution in [-0.4, -0.2) is 9.97 Å². The monoisotopic (exact) mass is 322 g/mol. The molecule has 1 N–H and O–H groups in total. The van der Waals surface area contributed by atoms with E-state index in [1.165, 1.54) is 5.56 Å². The standard InChI is InChI=1S/C15H12Cl2N2S/c1-9-15(11-3-2-4-12(16)14(11)17)19-13(18-9)7-10-5-6-20-8-10/h2-6,8H,7H2,1H3,(H,18,19). The number of rotatable bonds is 3. The Labute approximate surface area is 131 Å². The van der Waals surface area contributed by atoms with Crippen molar-refractivity contribution >= 4 is 34.5 Å². The normalized spacial score (nSPS) is 10.9. The van der Waals surface area contributed by atoms with Gasteiger partial charge in [-0.2, -0.15) is 11.3 Å². The Kier molecular flexibility index (Phi) is 3.83. The van der Waals surface area contributed by atoms with Crippen LogP contribution in [0, 0.1) is 6.92 Å². The molecule has 0 spiro atoms. The molecule has 0 fully saturated rings. The predicted octanol–water partition coefficient (Wildman–Crippen LogP) is 5.34. The fraction of sp³-hybridized carbons (Fsp3) is 0.133. The number of H-pyrrole nitrogens is 1. The van der Waals surface area contributed by atoms with Crippen LogP contribution in [0.2, 0.25) is 10.0 Å². The molecular formula is C15H12Cl2N2S. The van der Waals surface area contributed by atoms with Gasteiger partial charge in [-0.3, -0.25) is 0 Å². The van der Waals surface area contributed by atoms with Crippen molar-refractivity contribution in [3.05, 3.63) is 62.2 Å². The molecule has 2 aromatic heterocycles. The van der Waals surface area contributed by atoms with Gasteiger partial charge in [0.05, 0.1) is 15.7 Å². The first-order valence-electron chi connectivity index (χ1n) is 6.16. The quantitative estimate of drug-likeness (QED) is 0.692. The Hall–Kier alpha value is -1.29. The molecule has 0 atom stereocenters. The SMILES string of the molecule is Cc1[nH]c(Cc2ccsc2)nc1-c1cccc(Cl)c1Cl. The summed E-state index contributed by atoms with van der Waals surface area (Å²) < 4.78 is 0. The second-order valence-electron chi connectivity index (χ2n) is 4.57. The minimum Gasteiger partial charge on any atom is -0.345 e. The maximum atomic E-state index is 6.27. The third-order valence-electron chi connectivity index (χ3n) is 3.09. The Balaban J connectivity index is 1.98. The summed E-state index contributed by atoms with van der Waals surface area (Å²) in [7, 11) is 0. The summed E-state index contributed by atoms with van der Waals surface area (Å²) >= 11 is 14.0. The molecule has 0 saturated heterocycles. The summed E-state index contributed by atoms with van der Waals surface area (Å²) in [6.07, 6.45) is 0.794. The molecule has 0 saturated carbocycles. The van der Waals surface area contributed by atoms with Crippen molar-refractivity contribution in [2.24, 2.45) is 0 Å². The lowest BCUT2D eigenvalue weighted by molar-refractivity contribution is 1.02. The number of hydrogen-bond acceptors (Lipinski definition) is 2. The van der Waals surface area contributed by atoms with Gasteiger partial charge in [0.2, 0.25) is 0 Å². The Bertz CT molecular complexity index is 732. The van der Waals surface area contributed by atoms with E-state index in [4.69, 9.17) is 23.2 Å². The fourth-order valence-corrected chi connectivity index (χ4v) is 3.20. The van der Waals surface area contributed by atoms with E-state index in [9.17, 15) is 0 Å². The topological polar surface area (TPSA) is 28.7 Å². The first-order valence-corrected chi connectivity index (χ1v) is 7.86. The van der Waals surface area contributed by atoms with Gasteiger partial charge in [-0.05, 0) is 35.4 Å².